The van der Waals surface area contributed by atoms with Gasteiger partial charge in [0, 0.05) is 17.8 Å². The molecule has 0 bridgehead atoms. The molecule has 5 rings (SSSR count). The maximum atomic E-state index is 14.4. The molecule has 36 heavy (non-hydrogen) atoms. The number of ether oxygens (including phenoxy) is 1. The zero-order valence-electron chi connectivity index (χ0n) is 19.4. The van der Waals surface area contributed by atoms with Crippen LogP contribution in [-0.4, -0.2) is 38.7 Å². The third kappa shape index (κ3) is 4.47. The Bertz CT molecular complexity index is 1300. The van der Waals surface area contributed by atoms with Crippen LogP contribution in [0.1, 0.15) is 48.3 Å². The Morgan fingerprint density at radius 1 is 1.14 bits per heavy atom. The highest BCUT2D eigenvalue weighted by molar-refractivity contribution is 6.03. The molecule has 0 unspecified atom stereocenters. The molecule has 3 aromatic rings. The average Bonchev–Trinajstić information content (AvgIpc) is 3.67. The summed E-state index contributed by atoms with van der Waals surface area (Å²) < 4.78 is 49.2. The Balaban J connectivity index is 1.43. The van der Waals surface area contributed by atoms with Crippen molar-refractivity contribution in [1.82, 2.24) is 9.97 Å². The van der Waals surface area contributed by atoms with Crippen molar-refractivity contribution in [1.29, 1.82) is 0 Å². The number of aromatic nitrogens is 2. The summed E-state index contributed by atoms with van der Waals surface area (Å²) in [6.45, 7) is 1.68. The number of nitrogens with one attached hydrogen (secondary N) is 1. The summed E-state index contributed by atoms with van der Waals surface area (Å²) in [5.74, 6) is -3.48. The number of anilines is 1. The van der Waals surface area contributed by atoms with Gasteiger partial charge in [-0.3, -0.25) is 9.78 Å². The average molecular weight is 499 g/mol. The summed E-state index contributed by atoms with van der Waals surface area (Å²) in [5.41, 5.74) is 4.55. The van der Waals surface area contributed by atoms with Crippen molar-refractivity contribution >= 4 is 11.6 Å². The number of aliphatic hydroxyl groups is 1. The summed E-state index contributed by atoms with van der Waals surface area (Å²) in [4.78, 5) is 21.0. The van der Waals surface area contributed by atoms with E-state index < -0.39 is 58.5 Å². The molecule has 4 atom stereocenters. The van der Waals surface area contributed by atoms with E-state index in [1.165, 1.54) is 6.20 Å². The normalized spacial score (nSPS) is 26.0. The van der Waals surface area contributed by atoms with Crippen molar-refractivity contribution in [3.63, 3.8) is 0 Å². The van der Waals surface area contributed by atoms with Crippen LogP contribution in [0.25, 0.3) is 11.3 Å². The molecule has 0 spiro atoms. The maximum Gasteiger partial charge on any atom is 0.274 e. The molecule has 1 aromatic carbocycles. The smallest absolute Gasteiger partial charge is 0.274 e. The van der Waals surface area contributed by atoms with Crippen LogP contribution in [0.3, 0.4) is 0 Å². The number of carbonyl (C=O) groups excluding carboxylic acids is 1. The minimum atomic E-state index is -1.18. The van der Waals surface area contributed by atoms with Crippen molar-refractivity contribution in [2.75, 3.05) is 5.32 Å². The Morgan fingerprint density at radius 2 is 1.86 bits per heavy atom. The summed E-state index contributed by atoms with van der Waals surface area (Å²) in [6.07, 6.45) is 4.24. The second kappa shape index (κ2) is 9.27. The topological polar surface area (TPSA) is 110 Å². The van der Waals surface area contributed by atoms with Crippen molar-refractivity contribution in [3.05, 3.63) is 77.5 Å². The third-order valence-corrected chi connectivity index (χ3v) is 6.88. The van der Waals surface area contributed by atoms with Crippen molar-refractivity contribution in [3.8, 4) is 11.3 Å². The van der Waals surface area contributed by atoms with Crippen LogP contribution in [0.5, 0.6) is 0 Å². The van der Waals surface area contributed by atoms with Gasteiger partial charge in [-0.25, -0.2) is 18.2 Å². The third-order valence-electron chi connectivity index (χ3n) is 6.88. The number of pyridine rings is 2. The highest BCUT2D eigenvalue weighted by Crippen LogP contribution is 2.47. The van der Waals surface area contributed by atoms with Crippen LogP contribution >= 0.6 is 0 Å². The number of amides is 1. The van der Waals surface area contributed by atoms with E-state index in [0.29, 0.717) is 17.7 Å². The SMILES string of the molecule is C[C@@]1(O)[C@@H](N)C[C@@H](c2ccncc2NC(=O)c2ccc(F)c(-c3c(F)cccc3F)n2)O[C@H]1C1CC1. The first-order chi connectivity index (χ1) is 17.2. The largest absolute Gasteiger partial charge is 0.386 e. The van der Waals surface area contributed by atoms with Gasteiger partial charge < -0.3 is 20.9 Å². The number of nitrogens with zero attached hydrogens (tertiary/aromatic N) is 2. The first-order valence-electron chi connectivity index (χ1n) is 11.7. The van der Waals surface area contributed by atoms with Gasteiger partial charge in [0.25, 0.3) is 5.91 Å². The van der Waals surface area contributed by atoms with E-state index in [1.807, 2.05) is 0 Å². The molecule has 1 saturated heterocycles. The van der Waals surface area contributed by atoms with Crippen molar-refractivity contribution in [2.45, 2.75) is 50.0 Å². The van der Waals surface area contributed by atoms with Crippen LogP contribution in [-0.2, 0) is 4.74 Å². The number of carbonyl (C=O) groups is 1. The highest BCUT2D eigenvalue weighted by atomic mass is 19.1. The number of rotatable bonds is 5. The predicted molar refractivity (Wildman–Crippen MR) is 125 cm³/mol. The lowest BCUT2D eigenvalue weighted by Crippen LogP contribution is -2.60. The van der Waals surface area contributed by atoms with Crippen LogP contribution in [0, 0.1) is 23.4 Å². The van der Waals surface area contributed by atoms with Crippen LogP contribution in [0.15, 0.2) is 48.8 Å². The molecule has 0 radical (unpaired) electrons. The molecule has 2 aromatic heterocycles. The van der Waals surface area contributed by atoms with Crippen molar-refractivity contribution in [2.24, 2.45) is 11.7 Å². The monoisotopic (exact) mass is 498 g/mol. The van der Waals surface area contributed by atoms with E-state index >= 15 is 0 Å². The van der Waals surface area contributed by atoms with Gasteiger partial charge >= 0.3 is 0 Å². The molecule has 7 nitrogen and oxygen atoms in total. The van der Waals surface area contributed by atoms with Crippen LogP contribution < -0.4 is 11.1 Å². The van der Waals surface area contributed by atoms with Gasteiger partial charge in [-0.2, -0.15) is 0 Å². The van der Waals surface area contributed by atoms with E-state index in [-0.39, 0.29) is 11.6 Å². The molecule has 10 heteroatoms. The van der Waals surface area contributed by atoms with E-state index in [0.717, 1.165) is 43.2 Å². The lowest BCUT2D eigenvalue weighted by molar-refractivity contribution is -0.186. The van der Waals surface area contributed by atoms with E-state index in [9.17, 15) is 23.1 Å². The quantitative estimate of drug-likeness (QED) is 0.488. The molecular weight excluding hydrogens is 473 g/mol. The van der Waals surface area contributed by atoms with E-state index in [2.05, 4.69) is 15.3 Å². The van der Waals surface area contributed by atoms with E-state index in [1.54, 1.807) is 19.2 Å². The highest BCUT2D eigenvalue weighted by Gasteiger charge is 2.52. The minimum Gasteiger partial charge on any atom is -0.386 e. The maximum absolute atomic E-state index is 14.4. The van der Waals surface area contributed by atoms with Gasteiger partial charge in [0.1, 0.15) is 34.4 Å². The zero-order valence-corrected chi connectivity index (χ0v) is 19.4. The van der Waals surface area contributed by atoms with Gasteiger partial charge in [0.15, 0.2) is 0 Å². The zero-order chi connectivity index (χ0) is 25.6. The summed E-state index contributed by atoms with van der Waals surface area (Å²) >= 11 is 0. The molecule has 1 amide bonds. The summed E-state index contributed by atoms with van der Waals surface area (Å²) in [7, 11) is 0. The standard InChI is InChI=1S/C26H25F3N4O3/c1-26(35)21(30)11-20(36-24(26)13-5-6-13)14-9-10-31-12-19(14)33-25(34)18-8-7-17(29)23(32-18)22-15(27)3-2-4-16(22)28/h2-4,7-10,12-13,20-21,24,35H,5-6,11,30H2,1H3,(H,33,34)/t20-,21-,24-,26+/m0/s1. The first-order valence-corrected chi connectivity index (χ1v) is 11.7. The molecule has 2 aliphatic rings. The lowest BCUT2D eigenvalue weighted by Gasteiger charge is -2.45. The first kappa shape index (κ1) is 24.4. The number of hydrogen-bond donors (Lipinski definition) is 3. The second-order valence-corrected chi connectivity index (χ2v) is 9.49. The van der Waals surface area contributed by atoms with Gasteiger partial charge in [0.2, 0.25) is 0 Å². The van der Waals surface area contributed by atoms with Gasteiger partial charge in [-0.05, 0) is 62.4 Å². The summed E-state index contributed by atoms with van der Waals surface area (Å²) in [6, 6.07) is 6.31. The lowest BCUT2D eigenvalue weighted by atomic mass is 9.80. The Labute approximate surface area is 205 Å². The number of halogens is 3. The van der Waals surface area contributed by atoms with Crippen LogP contribution in [0.4, 0.5) is 18.9 Å². The second-order valence-electron chi connectivity index (χ2n) is 9.49. The molecule has 3 heterocycles. The van der Waals surface area contributed by atoms with E-state index in [4.69, 9.17) is 10.5 Å². The fourth-order valence-electron chi connectivity index (χ4n) is 4.68. The number of benzene rings is 1. The van der Waals surface area contributed by atoms with Gasteiger partial charge in [0.05, 0.1) is 29.7 Å². The molecule has 4 N–H and O–H groups in total. The number of nitrogens with two attached hydrogens (primary N) is 1. The van der Waals surface area contributed by atoms with Crippen molar-refractivity contribution < 1.29 is 27.8 Å². The fraction of sp³-hybridized carbons (Fsp3) is 0.346. The minimum absolute atomic E-state index is 0.217. The fourth-order valence-corrected chi connectivity index (χ4v) is 4.68. The molecule has 2 fully saturated rings. The predicted octanol–water partition coefficient (Wildman–Crippen LogP) is 4.13. The molecule has 1 aliphatic heterocycles. The Morgan fingerprint density at radius 3 is 2.56 bits per heavy atom. The molecule has 1 aliphatic carbocycles. The molecule has 188 valence electrons. The Kier molecular flexibility index (Phi) is 6.27. The Hall–Kier alpha value is -3.34. The number of hydrogen-bond acceptors (Lipinski definition) is 6. The summed E-state index contributed by atoms with van der Waals surface area (Å²) in [5, 5.41) is 13.6. The van der Waals surface area contributed by atoms with Gasteiger partial charge in [-0.15, -0.1) is 0 Å². The molecule has 1 saturated carbocycles. The van der Waals surface area contributed by atoms with Gasteiger partial charge in [-0.1, -0.05) is 6.07 Å². The van der Waals surface area contributed by atoms with Crippen LogP contribution in [0.2, 0.25) is 0 Å². The molecular formula is C26H25F3N4O3.